The van der Waals surface area contributed by atoms with Gasteiger partial charge in [-0.2, -0.15) is 0 Å². The number of carbonyl (C=O) groups is 3. The highest BCUT2D eigenvalue weighted by molar-refractivity contribution is 6.22. The number of hydrogen-bond donors (Lipinski definition) is 2. The van der Waals surface area contributed by atoms with Crippen LogP contribution in [0.2, 0.25) is 0 Å². The summed E-state index contributed by atoms with van der Waals surface area (Å²) in [5, 5.41) is 20.9. The third-order valence-corrected chi connectivity index (χ3v) is 6.60. The molecular formula is C25H30O5. The molecule has 0 saturated carbocycles. The predicted octanol–water partition coefficient (Wildman–Crippen LogP) is 5.50. The van der Waals surface area contributed by atoms with Crippen LogP contribution in [0.4, 0.5) is 0 Å². The molecule has 3 rings (SSSR count). The predicted molar refractivity (Wildman–Crippen MR) is 115 cm³/mol. The average Bonchev–Trinajstić information content (AvgIpc) is 2.68. The molecule has 2 aliphatic rings. The van der Waals surface area contributed by atoms with Gasteiger partial charge in [-0.25, -0.2) is 0 Å². The van der Waals surface area contributed by atoms with Crippen LogP contribution >= 0.6 is 0 Å². The number of hydrogen-bond acceptors (Lipinski definition) is 5. The number of aromatic hydroxyl groups is 2. The minimum Gasteiger partial charge on any atom is -0.504 e. The normalized spacial score (nSPS) is 23.0. The van der Waals surface area contributed by atoms with Crippen LogP contribution in [0.15, 0.2) is 23.3 Å². The van der Waals surface area contributed by atoms with Crippen LogP contribution in [0.3, 0.4) is 0 Å². The van der Waals surface area contributed by atoms with Gasteiger partial charge in [-0.15, -0.1) is 0 Å². The molecule has 0 aromatic heterocycles. The monoisotopic (exact) mass is 410 g/mol. The quantitative estimate of drug-likeness (QED) is 0.380. The fourth-order valence-electron chi connectivity index (χ4n) is 4.84. The summed E-state index contributed by atoms with van der Waals surface area (Å²) in [5.41, 5.74) is 1.49. The summed E-state index contributed by atoms with van der Waals surface area (Å²) in [5.74, 6) is -2.51. The molecule has 0 fully saturated rings. The molecule has 5 nitrogen and oxygen atoms in total. The lowest BCUT2D eigenvalue weighted by Crippen LogP contribution is -2.47. The van der Waals surface area contributed by atoms with E-state index < -0.39 is 22.8 Å². The topological polar surface area (TPSA) is 91.7 Å². The van der Waals surface area contributed by atoms with E-state index in [1.807, 2.05) is 13.8 Å². The van der Waals surface area contributed by atoms with Crippen molar-refractivity contribution in [3.05, 3.63) is 45.6 Å². The number of rotatable bonds is 5. The van der Waals surface area contributed by atoms with Crippen molar-refractivity contribution in [1.82, 2.24) is 0 Å². The number of ketones is 2. The molecule has 5 heteroatoms. The summed E-state index contributed by atoms with van der Waals surface area (Å²) in [4.78, 5) is 39.0. The van der Waals surface area contributed by atoms with Crippen LogP contribution in [-0.4, -0.2) is 28.1 Å². The van der Waals surface area contributed by atoms with Gasteiger partial charge in [0.05, 0.1) is 5.56 Å². The summed E-state index contributed by atoms with van der Waals surface area (Å²) >= 11 is 0. The zero-order chi connectivity index (χ0) is 22.4. The number of carbonyl (C=O) groups excluding carboxylic acids is 3. The van der Waals surface area contributed by atoms with Crippen molar-refractivity contribution in [3.8, 4) is 11.5 Å². The molecule has 2 aliphatic carbocycles. The fraction of sp³-hybridized carbons (Fsp3) is 0.480. The smallest absolute Gasteiger partial charge is 0.170 e. The minimum atomic E-state index is -0.919. The maximum absolute atomic E-state index is 13.7. The van der Waals surface area contributed by atoms with Crippen molar-refractivity contribution < 1.29 is 24.6 Å². The van der Waals surface area contributed by atoms with E-state index in [2.05, 4.69) is 12.2 Å². The summed E-state index contributed by atoms with van der Waals surface area (Å²) < 4.78 is 0. The number of allylic oxidation sites excluding steroid dienone is 4. The van der Waals surface area contributed by atoms with Crippen molar-refractivity contribution in [3.63, 3.8) is 0 Å². The first-order valence-corrected chi connectivity index (χ1v) is 10.5. The molecule has 0 unspecified atom stereocenters. The Bertz CT molecular complexity index is 992. The van der Waals surface area contributed by atoms with Crippen molar-refractivity contribution in [1.29, 1.82) is 0 Å². The van der Waals surface area contributed by atoms with Crippen LogP contribution in [-0.2, 0) is 0 Å². The third-order valence-electron chi connectivity index (χ3n) is 6.60. The second kappa shape index (κ2) is 7.86. The number of Topliss-reactive ketones (excluding diaryl/α,β-unsaturated/α-hetero) is 2. The zero-order valence-electron chi connectivity index (χ0n) is 18.3. The van der Waals surface area contributed by atoms with Gasteiger partial charge in [0.15, 0.2) is 29.4 Å². The third kappa shape index (κ3) is 3.30. The molecule has 0 saturated heterocycles. The maximum atomic E-state index is 13.7. The molecular weight excluding hydrogens is 380 g/mol. The highest BCUT2D eigenvalue weighted by Crippen LogP contribution is 2.53. The Hall–Kier alpha value is -2.69. The van der Waals surface area contributed by atoms with Crippen LogP contribution in [0.5, 0.6) is 11.5 Å². The number of phenols is 2. The van der Waals surface area contributed by atoms with Gasteiger partial charge in [0, 0.05) is 28.0 Å². The van der Waals surface area contributed by atoms with Crippen molar-refractivity contribution in [2.75, 3.05) is 0 Å². The first-order chi connectivity index (χ1) is 14.0. The lowest BCUT2D eigenvalue weighted by atomic mass is 9.57. The van der Waals surface area contributed by atoms with Crippen LogP contribution in [0.25, 0.3) is 0 Å². The Balaban J connectivity index is 2.15. The van der Waals surface area contributed by atoms with E-state index in [4.69, 9.17) is 0 Å². The van der Waals surface area contributed by atoms with E-state index in [-0.39, 0.29) is 39.7 Å². The van der Waals surface area contributed by atoms with Gasteiger partial charge in [0.2, 0.25) is 0 Å². The molecule has 0 amide bonds. The number of benzene rings is 1. The van der Waals surface area contributed by atoms with Crippen molar-refractivity contribution in [2.24, 2.45) is 11.3 Å². The fourth-order valence-corrected chi connectivity index (χ4v) is 4.84. The van der Waals surface area contributed by atoms with Gasteiger partial charge in [0.1, 0.15) is 0 Å². The standard InChI is InChI=1S/C25H30O5/c1-13(2)7-6-8-15-9-10-25(5)17(11-15)22(28)19-16(12-26)21(27)23(29)18(14(3)4)20(19)24(25)30/h7,9,12,14,17,27,29H,6,8,10-11H2,1-5H3/t17-,25+/m0/s1. The molecule has 30 heavy (non-hydrogen) atoms. The molecule has 0 aliphatic heterocycles. The first kappa shape index (κ1) is 22.0. The van der Waals surface area contributed by atoms with Gasteiger partial charge in [-0.05, 0) is 45.4 Å². The van der Waals surface area contributed by atoms with E-state index in [1.54, 1.807) is 20.8 Å². The molecule has 2 atom stereocenters. The molecule has 160 valence electrons. The van der Waals surface area contributed by atoms with Gasteiger partial charge < -0.3 is 10.2 Å². The Labute approximate surface area is 177 Å². The first-order valence-electron chi connectivity index (χ1n) is 10.5. The summed E-state index contributed by atoms with van der Waals surface area (Å²) in [6.45, 7) is 9.45. The highest BCUT2D eigenvalue weighted by Gasteiger charge is 2.53. The maximum Gasteiger partial charge on any atom is 0.170 e. The lowest BCUT2D eigenvalue weighted by molar-refractivity contribution is 0.0560. The van der Waals surface area contributed by atoms with E-state index >= 15 is 0 Å². The lowest BCUT2D eigenvalue weighted by Gasteiger charge is -2.43. The van der Waals surface area contributed by atoms with Gasteiger partial charge in [-0.3, -0.25) is 14.4 Å². The highest BCUT2D eigenvalue weighted by atomic mass is 16.3. The van der Waals surface area contributed by atoms with E-state index in [0.717, 1.165) is 18.4 Å². The van der Waals surface area contributed by atoms with Crippen LogP contribution in [0, 0.1) is 11.3 Å². The van der Waals surface area contributed by atoms with E-state index in [1.165, 1.54) is 5.57 Å². The minimum absolute atomic E-state index is 0.0259. The average molecular weight is 411 g/mol. The number of fused-ring (bicyclic) bond motifs is 2. The second-order valence-electron chi connectivity index (χ2n) is 9.30. The number of aldehydes is 1. The number of phenolic OH excluding ortho intramolecular Hbond substituents is 2. The second-order valence-corrected chi connectivity index (χ2v) is 9.30. The van der Waals surface area contributed by atoms with E-state index in [9.17, 15) is 24.6 Å². The Kier molecular flexibility index (Phi) is 5.76. The van der Waals surface area contributed by atoms with Crippen molar-refractivity contribution in [2.45, 2.75) is 66.2 Å². The van der Waals surface area contributed by atoms with Crippen molar-refractivity contribution >= 4 is 17.9 Å². The Morgan fingerprint density at radius 2 is 1.87 bits per heavy atom. The molecule has 0 heterocycles. The van der Waals surface area contributed by atoms with Gasteiger partial charge in [0.25, 0.3) is 0 Å². The summed E-state index contributed by atoms with van der Waals surface area (Å²) in [6.07, 6.45) is 7.20. The van der Waals surface area contributed by atoms with E-state index in [0.29, 0.717) is 19.1 Å². The van der Waals surface area contributed by atoms with Crippen LogP contribution < -0.4 is 0 Å². The van der Waals surface area contributed by atoms with Gasteiger partial charge in [-0.1, -0.05) is 44.1 Å². The zero-order valence-corrected chi connectivity index (χ0v) is 18.3. The largest absolute Gasteiger partial charge is 0.504 e. The molecule has 0 bridgehead atoms. The Morgan fingerprint density at radius 1 is 1.20 bits per heavy atom. The Morgan fingerprint density at radius 3 is 2.43 bits per heavy atom. The summed E-state index contributed by atoms with van der Waals surface area (Å²) in [7, 11) is 0. The molecule has 2 N–H and O–H groups in total. The van der Waals surface area contributed by atoms with Gasteiger partial charge >= 0.3 is 0 Å². The SMILES string of the molecule is CC(C)=CCCC1=CC[C@@]2(C)C(=O)c3c(c(C=O)c(O)c(O)c3C(C)C)C(=O)[C@@H]2C1. The molecule has 1 aromatic rings. The molecule has 0 spiro atoms. The van der Waals surface area contributed by atoms with Crippen LogP contribution in [0.1, 0.15) is 103 Å². The summed E-state index contributed by atoms with van der Waals surface area (Å²) in [6, 6.07) is 0. The molecule has 1 aromatic carbocycles. The molecule has 0 radical (unpaired) electrons.